The van der Waals surface area contributed by atoms with E-state index in [1.165, 1.54) is 12.3 Å². The summed E-state index contributed by atoms with van der Waals surface area (Å²) in [5.41, 5.74) is -0.648. The van der Waals surface area contributed by atoms with E-state index in [-0.39, 0.29) is 5.91 Å². The van der Waals surface area contributed by atoms with Crippen LogP contribution >= 0.6 is 0 Å². The monoisotopic (exact) mass is 223 g/mol. The number of rotatable bonds is 4. The number of nitrogens with one attached hydrogen (secondary N) is 1. The number of carbonyl (C=O) groups is 1. The second-order valence-corrected chi connectivity index (χ2v) is 4.24. The van der Waals surface area contributed by atoms with Crippen molar-refractivity contribution in [1.82, 2.24) is 5.32 Å². The molecule has 0 saturated heterocycles. The molecule has 1 amide bonds. The molecular weight excluding hydrogens is 206 g/mol. The molecule has 0 fully saturated rings. The lowest BCUT2D eigenvalue weighted by Gasteiger charge is -2.28. The van der Waals surface area contributed by atoms with Gasteiger partial charge in [0.2, 0.25) is 5.91 Å². The number of carbonyl (C=O) groups excluding carboxylic acids is 1. The maximum Gasteiger partial charge on any atom is 0.244 e. The minimum absolute atomic E-state index is 0.262. The van der Waals surface area contributed by atoms with Crippen molar-refractivity contribution in [1.29, 1.82) is 0 Å². The zero-order valence-electron chi connectivity index (χ0n) is 9.73. The first-order chi connectivity index (χ1) is 7.42. The normalized spacial score (nSPS) is 14.0. The average Bonchev–Trinajstić information content (AvgIpc) is 2.66. The summed E-state index contributed by atoms with van der Waals surface area (Å²) in [6.07, 6.45) is 3.88. The van der Waals surface area contributed by atoms with E-state index in [1.807, 2.05) is 0 Å². The standard InChI is InChI=1S/C12H17NO3/c1-9(14)12(2,3)13-11(15)7-6-10-5-4-8-16-10/h4-9,14H,1-3H3,(H,13,15)/b7-6+. The predicted molar refractivity (Wildman–Crippen MR) is 61.6 cm³/mol. The van der Waals surface area contributed by atoms with E-state index in [0.717, 1.165) is 0 Å². The highest BCUT2D eigenvalue weighted by molar-refractivity contribution is 5.91. The first-order valence-electron chi connectivity index (χ1n) is 5.13. The molecule has 0 aliphatic rings. The summed E-state index contributed by atoms with van der Waals surface area (Å²) in [5, 5.41) is 12.1. The summed E-state index contributed by atoms with van der Waals surface area (Å²) in [7, 11) is 0. The zero-order valence-corrected chi connectivity index (χ0v) is 9.73. The van der Waals surface area contributed by atoms with Crippen molar-refractivity contribution >= 4 is 12.0 Å². The maximum absolute atomic E-state index is 11.5. The van der Waals surface area contributed by atoms with Crippen molar-refractivity contribution in [2.75, 3.05) is 0 Å². The van der Waals surface area contributed by atoms with Gasteiger partial charge in [0.15, 0.2) is 0 Å². The van der Waals surface area contributed by atoms with E-state index < -0.39 is 11.6 Å². The molecule has 1 atom stereocenters. The molecule has 0 bridgehead atoms. The SMILES string of the molecule is CC(O)C(C)(C)NC(=O)/C=C/c1ccco1. The van der Waals surface area contributed by atoms with Gasteiger partial charge in [-0.05, 0) is 39.0 Å². The third-order valence-electron chi connectivity index (χ3n) is 2.43. The van der Waals surface area contributed by atoms with Crippen LogP contribution in [0.2, 0.25) is 0 Å². The Morgan fingerprint density at radius 1 is 1.62 bits per heavy atom. The topological polar surface area (TPSA) is 62.5 Å². The first kappa shape index (κ1) is 12.5. The Bertz CT molecular complexity index is 364. The Morgan fingerprint density at radius 3 is 2.81 bits per heavy atom. The number of hydrogen-bond donors (Lipinski definition) is 2. The summed E-state index contributed by atoms with van der Waals surface area (Å²) in [4.78, 5) is 11.5. The molecular formula is C12H17NO3. The number of aliphatic hydroxyl groups is 1. The van der Waals surface area contributed by atoms with Gasteiger partial charge in [0.1, 0.15) is 5.76 Å². The number of furan rings is 1. The molecule has 88 valence electrons. The largest absolute Gasteiger partial charge is 0.465 e. The van der Waals surface area contributed by atoms with E-state index in [0.29, 0.717) is 5.76 Å². The van der Waals surface area contributed by atoms with Crippen molar-refractivity contribution < 1.29 is 14.3 Å². The third kappa shape index (κ3) is 3.55. The molecule has 1 aromatic rings. The van der Waals surface area contributed by atoms with Gasteiger partial charge in [0.25, 0.3) is 0 Å². The van der Waals surface area contributed by atoms with Crippen LogP contribution < -0.4 is 5.32 Å². The molecule has 1 heterocycles. The van der Waals surface area contributed by atoms with E-state index >= 15 is 0 Å². The molecule has 0 spiro atoms. The van der Waals surface area contributed by atoms with Crippen molar-refractivity contribution in [2.24, 2.45) is 0 Å². The highest BCUT2D eigenvalue weighted by atomic mass is 16.3. The van der Waals surface area contributed by atoms with Gasteiger partial charge in [-0.15, -0.1) is 0 Å². The highest BCUT2D eigenvalue weighted by Crippen LogP contribution is 2.08. The fourth-order valence-electron chi connectivity index (χ4n) is 1.01. The van der Waals surface area contributed by atoms with Gasteiger partial charge >= 0.3 is 0 Å². The fourth-order valence-corrected chi connectivity index (χ4v) is 1.01. The Balaban J connectivity index is 2.54. The van der Waals surface area contributed by atoms with Crippen LogP contribution in [0.4, 0.5) is 0 Å². The van der Waals surface area contributed by atoms with Gasteiger partial charge in [-0.2, -0.15) is 0 Å². The quantitative estimate of drug-likeness (QED) is 0.761. The zero-order chi connectivity index (χ0) is 12.2. The van der Waals surface area contributed by atoms with Crippen molar-refractivity contribution in [3.63, 3.8) is 0 Å². The summed E-state index contributed by atoms with van der Waals surface area (Å²) in [5.74, 6) is 0.354. The van der Waals surface area contributed by atoms with Gasteiger partial charge in [-0.25, -0.2) is 0 Å². The van der Waals surface area contributed by atoms with Crippen LogP contribution in [0, 0.1) is 0 Å². The Labute approximate surface area is 95.0 Å². The van der Waals surface area contributed by atoms with Crippen molar-refractivity contribution in [3.8, 4) is 0 Å². The van der Waals surface area contributed by atoms with Gasteiger partial charge in [0.05, 0.1) is 17.9 Å². The second kappa shape index (κ2) is 4.99. The molecule has 0 aliphatic carbocycles. The van der Waals surface area contributed by atoms with E-state index in [2.05, 4.69) is 5.32 Å². The van der Waals surface area contributed by atoms with E-state index in [4.69, 9.17) is 4.42 Å². The van der Waals surface area contributed by atoms with Crippen LogP contribution in [0.5, 0.6) is 0 Å². The van der Waals surface area contributed by atoms with E-state index in [9.17, 15) is 9.90 Å². The first-order valence-corrected chi connectivity index (χ1v) is 5.13. The number of amides is 1. The maximum atomic E-state index is 11.5. The van der Waals surface area contributed by atoms with Crippen LogP contribution in [0.15, 0.2) is 28.9 Å². The Morgan fingerprint density at radius 2 is 2.31 bits per heavy atom. The Hall–Kier alpha value is -1.55. The molecule has 0 radical (unpaired) electrons. The van der Waals surface area contributed by atoms with Crippen LogP contribution in [0.25, 0.3) is 6.08 Å². The molecule has 0 aromatic carbocycles. The minimum atomic E-state index is -0.648. The molecule has 4 nitrogen and oxygen atoms in total. The van der Waals surface area contributed by atoms with Crippen LogP contribution in [-0.4, -0.2) is 22.7 Å². The molecule has 0 saturated carbocycles. The smallest absolute Gasteiger partial charge is 0.244 e. The fraction of sp³-hybridized carbons (Fsp3) is 0.417. The minimum Gasteiger partial charge on any atom is -0.465 e. The molecule has 0 aliphatic heterocycles. The Kier molecular flexibility index (Phi) is 3.90. The lowest BCUT2D eigenvalue weighted by molar-refractivity contribution is -0.119. The molecule has 4 heteroatoms. The summed E-state index contributed by atoms with van der Waals surface area (Å²) in [6, 6.07) is 3.50. The number of hydrogen-bond acceptors (Lipinski definition) is 3. The van der Waals surface area contributed by atoms with Crippen LogP contribution in [0.1, 0.15) is 26.5 Å². The van der Waals surface area contributed by atoms with Crippen molar-refractivity contribution in [2.45, 2.75) is 32.4 Å². The highest BCUT2D eigenvalue weighted by Gasteiger charge is 2.24. The summed E-state index contributed by atoms with van der Waals surface area (Å²) < 4.78 is 5.05. The molecule has 1 rings (SSSR count). The van der Waals surface area contributed by atoms with E-state index in [1.54, 1.807) is 39.0 Å². The van der Waals surface area contributed by atoms with Gasteiger partial charge in [-0.3, -0.25) is 4.79 Å². The molecule has 1 unspecified atom stereocenters. The van der Waals surface area contributed by atoms with Crippen LogP contribution in [-0.2, 0) is 4.79 Å². The average molecular weight is 223 g/mol. The molecule has 2 N–H and O–H groups in total. The van der Waals surface area contributed by atoms with Gasteiger partial charge < -0.3 is 14.8 Å². The summed E-state index contributed by atoms with van der Waals surface area (Å²) >= 11 is 0. The summed E-state index contributed by atoms with van der Waals surface area (Å²) in [6.45, 7) is 5.16. The second-order valence-electron chi connectivity index (χ2n) is 4.24. The van der Waals surface area contributed by atoms with Crippen LogP contribution in [0.3, 0.4) is 0 Å². The molecule has 1 aromatic heterocycles. The van der Waals surface area contributed by atoms with Gasteiger partial charge in [-0.1, -0.05) is 0 Å². The lowest BCUT2D eigenvalue weighted by Crippen LogP contribution is -2.50. The number of aliphatic hydroxyl groups excluding tert-OH is 1. The predicted octanol–water partition coefficient (Wildman–Crippen LogP) is 1.57. The lowest BCUT2D eigenvalue weighted by atomic mass is 9.99. The molecule has 16 heavy (non-hydrogen) atoms. The van der Waals surface area contributed by atoms with Gasteiger partial charge in [0, 0.05) is 6.08 Å². The van der Waals surface area contributed by atoms with Crippen molar-refractivity contribution in [3.05, 3.63) is 30.2 Å². The third-order valence-corrected chi connectivity index (χ3v) is 2.43.